The van der Waals surface area contributed by atoms with Gasteiger partial charge in [-0.1, -0.05) is 56.7 Å². The lowest BCUT2D eigenvalue weighted by Crippen LogP contribution is -2.34. The Labute approximate surface area is 137 Å². The largest absolute Gasteiger partial charge is 0.283 e. The van der Waals surface area contributed by atoms with Crippen molar-refractivity contribution >= 4 is 11.8 Å². The van der Waals surface area contributed by atoms with Crippen molar-refractivity contribution < 1.29 is 9.59 Å². The minimum atomic E-state index is -0.161. The molecule has 22 heavy (non-hydrogen) atoms. The standard InChI is InChI=1S/C9H14.C8H15NO2.C2H6/c1-4-6-8-9(3)7-5-2;1-4-6-8(11)9(5-2)7(3)10;1-2/h4-8H,1-3H3;4-6H2,1-3H3;1-2H3/b6-4-,7-5-,9-8-;;. The Balaban J connectivity index is -0.000000299. The highest BCUT2D eigenvalue weighted by Crippen LogP contribution is 1.97. The van der Waals surface area contributed by atoms with E-state index in [1.165, 1.54) is 17.4 Å². The van der Waals surface area contributed by atoms with Gasteiger partial charge in [0.1, 0.15) is 0 Å². The Bertz CT molecular complexity index is 366. The molecular weight excluding hydrogens is 274 g/mol. The number of hydrogen-bond acceptors (Lipinski definition) is 2. The van der Waals surface area contributed by atoms with Gasteiger partial charge in [-0.2, -0.15) is 0 Å². The first kappa shape index (κ1) is 25.3. The van der Waals surface area contributed by atoms with E-state index in [4.69, 9.17) is 0 Å². The van der Waals surface area contributed by atoms with E-state index in [-0.39, 0.29) is 11.8 Å². The SMILES string of the molecule is CC.CCCC(=O)N(CC)C(C)=O.C\C=C/C=C(C)\C=C/C. The van der Waals surface area contributed by atoms with E-state index >= 15 is 0 Å². The quantitative estimate of drug-likeness (QED) is 0.647. The molecule has 2 amide bonds. The molecule has 3 nitrogen and oxygen atoms in total. The van der Waals surface area contributed by atoms with Gasteiger partial charge in [0.05, 0.1) is 0 Å². The van der Waals surface area contributed by atoms with Gasteiger partial charge in [0.25, 0.3) is 0 Å². The lowest BCUT2D eigenvalue weighted by atomic mass is 10.2. The van der Waals surface area contributed by atoms with Gasteiger partial charge in [-0.3, -0.25) is 14.5 Å². The van der Waals surface area contributed by atoms with Gasteiger partial charge in [-0.15, -0.1) is 0 Å². The van der Waals surface area contributed by atoms with Crippen molar-refractivity contribution in [3.8, 4) is 0 Å². The van der Waals surface area contributed by atoms with Crippen molar-refractivity contribution in [2.24, 2.45) is 0 Å². The smallest absolute Gasteiger partial charge is 0.229 e. The predicted octanol–water partition coefficient (Wildman–Crippen LogP) is 5.29. The molecule has 0 saturated carbocycles. The fourth-order valence-electron chi connectivity index (χ4n) is 1.49. The summed E-state index contributed by atoms with van der Waals surface area (Å²) in [5.74, 6) is -0.228. The highest BCUT2D eigenvalue weighted by Gasteiger charge is 2.13. The third kappa shape index (κ3) is 16.4. The molecule has 0 rings (SSSR count). The van der Waals surface area contributed by atoms with E-state index < -0.39 is 0 Å². The summed E-state index contributed by atoms with van der Waals surface area (Å²) >= 11 is 0. The molecule has 0 aliphatic rings. The average Bonchev–Trinajstić information content (AvgIpc) is 2.49. The van der Waals surface area contributed by atoms with E-state index in [2.05, 4.69) is 19.1 Å². The molecule has 0 aromatic carbocycles. The van der Waals surface area contributed by atoms with Crippen LogP contribution < -0.4 is 0 Å². The minimum absolute atomic E-state index is 0.0671. The van der Waals surface area contributed by atoms with Gasteiger partial charge in [-0.25, -0.2) is 0 Å². The second kappa shape index (κ2) is 19.4. The minimum Gasteiger partial charge on any atom is -0.283 e. The molecule has 128 valence electrons. The summed E-state index contributed by atoms with van der Waals surface area (Å²) in [7, 11) is 0. The van der Waals surface area contributed by atoms with Gasteiger partial charge in [0.2, 0.25) is 11.8 Å². The Kier molecular flexibility index (Phi) is 22.3. The molecule has 0 unspecified atom stereocenters. The van der Waals surface area contributed by atoms with Crippen LogP contribution in [0.5, 0.6) is 0 Å². The summed E-state index contributed by atoms with van der Waals surface area (Å²) < 4.78 is 0. The molecule has 0 aliphatic carbocycles. The van der Waals surface area contributed by atoms with E-state index in [1.54, 1.807) is 6.92 Å². The number of carbonyl (C=O) groups excluding carboxylic acids is 2. The maximum Gasteiger partial charge on any atom is 0.229 e. The fraction of sp³-hybridized carbons (Fsp3) is 0.579. The van der Waals surface area contributed by atoms with Crippen LogP contribution in [0.3, 0.4) is 0 Å². The van der Waals surface area contributed by atoms with Gasteiger partial charge in [0, 0.05) is 19.9 Å². The van der Waals surface area contributed by atoms with Gasteiger partial charge in [-0.05, 0) is 34.1 Å². The molecule has 0 atom stereocenters. The van der Waals surface area contributed by atoms with Crippen molar-refractivity contribution in [3.63, 3.8) is 0 Å². The van der Waals surface area contributed by atoms with Crippen LogP contribution in [0.1, 0.15) is 68.2 Å². The topological polar surface area (TPSA) is 37.4 Å². The molecule has 0 heterocycles. The van der Waals surface area contributed by atoms with Crippen molar-refractivity contribution in [1.82, 2.24) is 4.90 Å². The average molecular weight is 309 g/mol. The molecule has 0 N–H and O–H groups in total. The number of amides is 2. The summed E-state index contributed by atoms with van der Waals surface area (Å²) in [4.78, 5) is 23.2. The highest BCUT2D eigenvalue weighted by atomic mass is 16.2. The van der Waals surface area contributed by atoms with E-state index in [0.717, 1.165) is 6.42 Å². The Morgan fingerprint density at radius 2 is 1.55 bits per heavy atom. The Morgan fingerprint density at radius 1 is 1.00 bits per heavy atom. The van der Waals surface area contributed by atoms with Crippen LogP contribution in [-0.4, -0.2) is 23.3 Å². The first-order chi connectivity index (χ1) is 10.4. The first-order valence-corrected chi connectivity index (χ1v) is 8.17. The maximum atomic E-state index is 11.1. The molecule has 0 radical (unpaired) electrons. The Hall–Kier alpha value is -1.64. The lowest BCUT2D eigenvalue weighted by molar-refractivity contribution is -0.143. The second-order valence-corrected chi connectivity index (χ2v) is 4.34. The van der Waals surface area contributed by atoms with Crippen LogP contribution in [-0.2, 0) is 9.59 Å². The van der Waals surface area contributed by atoms with Crippen LogP contribution in [0.15, 0.2) is 36.0 Å². The number of imide groups is 1. The zero-order valence-corrected chi connectivity index (χ0v) is 15.8. The number of carbonyl (C=O) groups is 2. The molecule has 0 bridgehead atoms. The molecule has 0 aromatic heterocycles. The molecule has 0 aliphatic heterocycles. The van der Waals surface area contributed by atoms with Crippen LogP contribution in [0.4, 0.5) is 0 Å². The third-order valence-corrected chi connectivity index (χ3v) is 2.44. The number of hydrogen-bond donors (Lipinski definition) is 0. The molecular formula is C19H35NO2. The van der Waals surface area contributed by atoms with Gasteiger partial charge in [0.15, 0.2) is 0 Å². The van der Waals surface area contributed by atoms with Crippen molar-refractivity contribution in [1.29, 1.82) is 0 Å². The van der Waals surface area contributed by atoms with Crippen LogP contribution in [0.25, 0.3) is 0 Å². The van der Waals surface area contributed by atoms with Gasteiger partial charge >= 0.3 is 0 Å². The summed E-state index contributed by atoms with van der Waals surface area (Å²) in [6, 6.07) is 0. The number of allylic oxidation sites excluding steroid dienone is 6. The van der Waals surface area contributed by atoms with Crippen LogP contribution in [0, 0.1) is 0 Å². The van der Waals surface area contributed by atoms with Crippen molar-refractivity contribution in [3.05, 3.63) is 36.0 Å². The van der Waals surface area contributed by atoms with Crippen LogP contribution >= 0.6 is 0 Å². The lowest BCUT2D eigenvalue weighted by Gasteiger charge is -2.15. The summed E-state index contributed by atoms with van der Waals surface area (Å²) in [5.41, 5.74) is 1.29. The number of nitrogens with zero attached hydrogens (tertiary/aromatic N) is 1. The Morgan fingerprint density at radius 3 is 1.86 bits per heavy atom. The highest BCUT2D eigenvalue weighted by molar-refractivity contribution is 5.94. The van der Waals surface area contributed by atoms with Gasteiger partial charge < -0.3 is 0 Å². The molecule has 0 spiro atoms. The zero-order valence-electron chi connectivity index (χ0n) is 15.8. The fourth-order valence-corrected chi connectivity index (χ4v) is 1.49. The second-order valence-electron chi connectivity index (χ2n) is 4.34. The molecule has 0 fully saturated rings. The van der Waals surface area contributed by atoms with Crippen molar-refractivity contribution in [2.45, 2.75) is 68.2 Å². The van der Waals surface area contributed by atoms with Crippen LogP contribution in [0.2, 0.25) is 0 Å². The first-order valence-electron chi connectivity index (χ1n) is 8.17. The summed E-state index contributed by atoms with van der Waals surface area (Å²) in [5, 5.41) is 0. The normalized spacial score (nSPS) is 10.6. The molecule has 0 saturated heterocycles. The monoisotopic (exact) mass is 309 g/mol. The van der Waals surface area contributed by atoms with Crippen molar-refractivity contribution in [2.75, 3.05) is 6.54 Å². The third-order valence-electron chi connectivity index (χ3n) is 2.44. The van der Waals surface area contributed by atoms with E-state index in [0.29, 0.717) is 13.0 Å². The summed E-state index contributed by atoms with van der Waals surface area (Å²) in [6.07, 6.45) is 11.5. The van der Waals surface area contributed by atoms with E-state index in [1.807, 2.05) is 52.8 Å². The zero-order chi connectivity index (χ0) is 18.0. The summed E-state index contributed by atoms with van der Waals surface area (Å²) in [6.45, 7) is 15.7. The molecule has 0 aromatic rings. The van der Waals surface area contributed by atoms with E-state index in [9.17, 15) is 9.59 Å². The number of rotatable bonds is 5. The maximum absolute atomic E-state index is 11.1. The predicted molar refractivity (Wildman–Crippen MR) is 97.7 cm³/mol. The molecule has 3 heteroatoms.